The average Bonchev–Trinajstić information content (AvgIpc) is 2.48. The van der Waals surface area contributed by atoms with Gasteiger partial charge in [0.15, 0.2) is 0 Å². The monoisotopic (exact) mass is 307 g/mol. The molecule has 0 aliphatic heterocycles. The van der Waals surface area contributed by atoms with Gasteiger partial charge in [0.05, 0.1) is 0 Å². The van der Waals surface area contributed by atoms with Crippen LogP contribution in [0.1, 0.15) is 32.8 Å². The van der Waals surface area contributed by atoms with Gasteiger partial charge in [-0.1, -0.05) is 19.1 Å². The minimum Gasteiger partial charge on any atom is -0.507 e. The van der Waals surface area contributed by atoms with Crippen LogP contribution in [0.2, 0.25) is 0 Å². The number of hydrogen-bond acceptors (Lipinski definition) is 6. The zero-order chi connectivity index (χ0) is 16.6. The Morgan fingerprint density at radius 2 is 1.73 bits per heavy atom. The summed E-state index contributed by atoms with van der Waals surface area (Å²) in [7, 11) is 0. The topological polar surface area (TPSA) is 85.2 Å². The molecule has 0 heterocycles. The van der Waals surface area contributed by atoms with Gasteiger partial charge in [0.1, 0.15) is 24.5 Å². The Morgan fingerprint density at radius 3 is 2.18 bits per heavy atom. The first-order chi connectivity index (χ1) is 10.4. The fraction of sp³-hybridized carbons (Fsp3) is 0.438. The Balaban J connectivity index is 2.98. The van der Waals surface area contributed by atoms with Gasteiger partial charge in [0.25, 0.3) is 0 Å². The normalized spacial score (nSPS) is 11.4. The molecular weight excluding hydrogens is 286 g/mol. The number of ether oxygens (including phenoxy) is 2. The van der Waals surface area contributed by atoms with E-state index in [-0.39, 0.29) is 19.0 Å². The summed E-state index contributed by atoms with van der Waals surface area (Å²) in [5.41, 5.74) is -0.342. The van der Waals surface area contributed by atoms with Crippen LogP contribution in [0.3, 0.4) is 0 Å². The number of nitrogens with zero attached hydrogens (tertiary/aromatic N) is 1. The average molecular weight is 307 g/mol. The molecule has 6 heteroatoms. The number of para-hydroxylation sites is 1. The summed E-state index contributed by atoms with van der Waals surface area (Å²) in [6.45, 7) is 4.46. The Bertz CT molecular complexity index is 535. The van der Waals surface area contributed by atoms with Crippen molar-refractivity contribution in [2.24, 2.45) is 4.99 Å². The molecule has 0 aliphatic rings. The molecule has 0 aliphatic carbocycles. The number of benzene rings is 1. The van der Waals surface area contributed by atoms with Gasteiger partial charge < -0.3 is 14.6 Å². The van der Waals surface area contributed by atoms with Gasteiger partial charge in [-0.25, -0.2) is 0 Å². The van der Waals surface area contributed by atoms with Gasteiger partial charge in [-0.15, -0.1) is 0 Å². The Labute approximate surface area is 129 Å². The summed E-state index contributed by atoms with van der Waals surface area (Å²) < 4.78 is 10.1. The van der Waals surface area contributed by atoms with Crippen LogP contribution in [-0.2, 0) is 19.1 Å². The van der Waals surface area contributed by atoms with Crippen LogP contribution in [0, 0.1) is 0 Å². The number of phenolic OH excluding ortho intramolecular Hbond substituents is 1. The highest BCUT2D eigenvalue weighted by molar-refractivity contribution is 5.83. The molecule has 0 amide bonds. The van der Waals surface area contributed by atoms with E-state index < -0.39 is 17.5 Å². The van der Waals surface area contributed by atoms with E-state index >= 15 is 0 Å². The van der Waals surface area contributed by atoms with E-state index in [1.165, 1.54) is 20.1 Å². The minimum absolute atomic E-state index is 0.00376. The van der Waals surface area contributed by atoms with Crippen molar-refractivity contribution in [3.63, 3.8) is 0 Å². The summed E-state index contributed by atoms with van der Waals surface area (Å²) in [6.07, 6.45) is 1.99. The third-order valence-corrected chi connectivity index (χ3v) is 3.16. The molecule has 1 aromatic carbocycles. The van der Waals surface area contributed by atoms with E-state index in [0.29, 0.717) is 12.0 Å². The van der Waals surface area contributed by atoms with E-state index in [0.717, 1.165) is 0 Å². The van der Waals surface area contributed by atoms with Crippen molar-refractivity contribution in [2.75, 3.05) is 13.2 Å². The van der Waals surface area contributed by atoms with Crippen molar-refractivity contribution in [3.05, 3.63) is 29.8 Å². The van der Waals surface area contributed by atoms with Crippen LogP contribution >= 0.6 is 0 Å². The van der Waals surface area contributed by atoms with E-state index in [4.69, 9.17) is 9.47 Å². The summed E-state index contributed by atoms with van der Waals surface area (Å²) in [4.78, 5) is 26.5. The third kappa shape index (κ3) is 5.55. The maximum absolute atomic E-state index is 11.1. The standard InChI is InChI=1S/C16H21NO5/c1-4-16(10-21-12(2)18,11-22-13(3)19)17-9-14-7-5-6-8-15(14)20/h5-9,20H,4,10-11H2,1-3H3. The Hall–Kier alpha value is -2.37. The lowest BCUT2D eigenvalue weighted by atomic mass is 9.99. The molecule has 0 radical (unpaired) electrons. The Kier molecular flexibility index (Phi) is 6.56. The lowest BCUT2D eigenvalue weighted by Gasteiger charge is -2.27. The molecule has 0 saturated heterocycles. The predicted molar refractivity (Wildman–Crippen MR) is 82.0 cm³/mol. The maximum Gasteiger partial charge on any atom is 0.302 e. The van der Waals surface area contributed by atoms with Crippen molar-refractivity contribution < 1.29 is 24.2 Å². The molecule has 0 atom stereocenters. The Morgan fingerprint density at radius 1 is 1.18 bits per heavy atom. The number of carbonyl (C=O) groups is 2. The summed E-state index contributed by atoms with van der Waals surface area (Å²) in [5.74, 6) is -0.770. The maximum atomic E-state index is 11.1. The number of phenols is 1. The second-order valence-electron chi connectivity index (χ2n) is 4.96. The lowest BCUT2D eigenvalue weighted by Crippen LogP contribution is -2.39. The SMILES string of the molecule is CCC(COC(C)=O)(COC(C)=O)N=Cc1ccccc1O. The second kappa shape index (κ2) is 8.17. The van der Waals surface area contributed by atoms with Crippen LogP contribution in [0.15, 0.2) is 29.3 Å². The molecule has 22 heavy (non-hydrogen) atoms. The van der Waals surface area contributed by atoms with Gasteiger partial charge in [-0.2, -0.15) is 0 Å². The smallest absolute Gasteiger partial charge is 0.302 e. The highest BCUT2D eigenvalue weighted by atomic mass is 16.5. The zero-order valence-corrected chi connectivity index (χ0v) is 13.0. The number of aliphatic imine (C=N–C) groups is 1. The van der Waals surface area contributed by atoms with Gasteiger partial charge in [0.2, 0.25) is 0 Å². The number of aromatic hydroxyl groups is 1. The van der Waals surface area contributed by atoms with E-state index in [1.54, 1.807) is 24.3 Å². The zero-order valence-electron chi connectivity index (χ0n) is 13.0. The largest absolute Gasteiger partial charge is 0.507 e. The minimum atomic E-state index is -0.875. The van der Waals surface area contributed by atoms with Crippen molar-refractivity contribution in [2.45, 2.75) is 32.7 Å². The summed E-state index contributed by atoms with van der Waals surface area (Å²) >= 11 is 0. The van der Waals surface area contributed by atoms with Gasteiger partial charge in [-0.05, 0) is 18.6 Å². The number of carbonyl (C=O) groups excluding carboxylic acids is 2. The highest BCUT2D eigenvalue weighted by Crippen LogP contribution is 2.20. The molecule has 0 unspecified atom stereocenters. The van der Waals surface area contributed by atoms with Crippen molar-refractivity contribution in [3.8, 4) is 5.75 Å². The first kappa shape index (κ1) is 17.7. The number of rotatable bonds is 7. The molecule has 0 spiro atoms. The molecule has 6 nitrogen and oxygen atoms in total. The third-order valence-electron chi connectivity index (χ3n) is 3.16. The van der Waals surface area contributed by atoms with Crippen LogP contribution in [0.4, 0.5) is 0 Å². The molecule has 120 valence electrons. The fourth-order valence-corrected chi connectivity index (χ4v) is 1.69. The summed E-state index contributed by atoms with van der Waals surface area (Å²) in [5, 5.41) is 9.75. The first-order valence-electron chi connectivity index (χ1n) is 6.98. The molecule has 0 saturated carbocycles. The van der Waals surface area contributed by atoms with Crippen LogP contribution in [-0.4, -0.2) is 42.0 Å². The van der Waals surface area contributed by atoms with Crippen molar-refractivity contribution in [1.29, 1.82) is 0 Å². The van der Waals surface area contributed by atoms with Crippen LogP contribution in [0.25, 0.3) is 0 Å². The molecule has 0 aromatic heterocycles. The van der Waals surface area contributed by atoms with Crippen LogP contribution in [0.5, 0.6) is 5.75 Å². The van der Waals surface area contributed by atoms with Gasteiger partial charge in [0, 0.05) is 25.6 Å². The first-order valence-corrected chi connectivity index (χ1v) is 6.98. The van der Waals surface area contributed by atoms with Gasteiger partial charge in [-0.3, -0.25) is 14.6 Å². The molecule has 1 rings (SSSR count). The molecule has 1 N–H and O–H groups in total. The molecule has 0 fully saturated rings. The quantitative estimate of drug-likeness (QED) is 0.616. The number of hydrogen-bond donors (Lipinski definition) is 1. The van der Waals surface area contributed by atoms with E-state index in [9.17, 15) is 14.7 Å². The van der Waals surface area contributed by atoms with Gasteiger partial charge >= 0.3 is 11.9 Å². The van der Waals surface area contributed by atoms with E-state index in [2.05, 4.69) is 4.99 Å². The number of esters is 2. The molecule has 0 bridgehead atoms. The second-order valence-corrected chi connectivity index (χ2v) is 4.96. The lowest BCUT2D eigenvalue weighted by molar-refractivity contribution is -0.147. The molecule has 1 aromatic rings. The van der Waals surface area contributed by atoms with Crippen LogP contribution < -0.4 is 0 Å². The predicted octanol–water partition coefficient (Wildman–Crippen LogP) is 2.09. The summed E-state index contributed by atoms with van der Waals surface area (Å²) in [6, 6.07) is 6.73. The molecular formula is C16H21NO5. The fourth-order valence-electron chi connectivity index (χ4n) is 1.69. The van der Waals surface area contributed by atoms with Crippen molar-refractivity contribution in [1.82, 2.24) is 0 Å². The highest BCUT2D eigenvalue weighted by Gasteiger charge is 2.30. The van der Waals surface area contributed by atoms with E-state index in [1.807, 2.05) is 6.92 Å². The van der Waals surface area contributed by atoms with Crippen molar-refractivity contribution >= 4 is 18.2 Å².